The van der Waals surface area contributed by atoms with Crippen molar-refractivity contribution in [2.75, 3.05) is 13.1 Å². The number of imidazole rings is 1. The zero-order chi connectivity index (χ0) is 17.9. The Balaban J connectivity index is 2.54. The first-order chi connectivity index (χ1) is 11.4. The average molecular weight is 367 g/mol. The van der Waals surface area contributed by atoms with Gasteiger partial charge in [-0.05, 0) is 32.0 Å². The van der Waals surface area contributed by atoms with E-state index in [0.717, 1.165) is 10.7 Å². The Bertz CT molecular complexity index is 864. The number of nitriles is 1. The van der Waals surface area contributed by atoms with Gasteiger partial charge in [0.15, 0.2) is 5.16 Å². The lowest BCUT2D eigenvalue weighted by atomic mass is 10.3. The summed E-state index contributed by atoms with van der Waals surface area (Å²) in [4.78, 5) is 4.80. The summed E-state index contributed by atoms with van der Waals surface area (Å²) < 4.78 is 28.8. The Labute approximate surface area is 147 Å². The topological polar surface area (TPSA) is 79.0 Å². The molecule has 0 bridgehead atoms. The number of nitrogens with zero attached hydrogens (tertiary/aromatic N) is 4. The summed E-state index contributed by atoms with van der Waals surface area (Å²) in [6.07, 6.45) is 0. The number of benzene rings is 1. The van der Waals surface area contributed by atoms with E-state index in [2.05, 4.69) is 11.1 Å². The number of hydrogen-bond donors (Lipinski definition) is 0. The second-order valence-corrected chi connectivity index (χ2v) is 8.51. The minimum absolute atomic E-state index is 0.217. The van der Waals surface area contributed by atoms with Gasteiger partial charge >= 0.3 is 0 Å². The maximum Gasteiger partial charge on any atom is 0.243 e. The quantitative estimate of drug-likeness (QED) is 0.704. The van der Waals surface area contributed by atoms with Crippen LogP contribution >= 0.6 is 11.8 Å². The van der Waals surface area contributed by atoms with Crippen molar-refractivity contribution >= 4 is 32.8 Å². The highest BCUT2D eigenvalue weighted by atomic mass is 32.2. The zero-order valence-electron chi connectivity index (χ0n) is 14.4. The third-order valence-corrected chi connectivity index (χ3v) is 6.84. The van der Waals surface area contributed by atoms with Crippen LogP contribution in [-0.2, 0) is 16.6 Å². The third-order valence-electron chi connectivity index (χ3n) is 3.81. The molecule has 0 aliphatic heterocycles. The molecule has 0 fully saturated rings. The SMILES string of the molecule is CCN(CC)S(=O)(=O)c1ccc2c(c1)nc(S[C@@H](C)C#N)n2CC. The predicted octanol–water partition coefficient (Wildman–Crippen LogP) is 3.09. The van der Waals surface area contributed by atoms with E-state index in [1.54, 1.807) is 18.2 Å². The van der Waals surface area contributed by atoms with E-state index in [9.17, 15) is 8.42 Å². The molecule has 0 saturated carbocycles. The van der Waals surface area contributed by atoms with Crippen LogP contribution in [0.15, 0.2) is 28.3 Å². The lowest BCUT2D eigenvalue weighted by Crippen LogP contribution is -2.30. The molecule has 8 heteroatoms. The second-order valence-electron chi connectivity index (χ2n) is 5.27. The fourth-order valence-corrected chi connectivity index (χ4v) is 4.89. The summed E-state index contributed by atoms with van der Waals surface area (Å²) in [5.41, 5.74) is 1.52. The van der Waals surface area contributed by atoms with Gasteiger partial charge in [0.2, 0.25) is 10.0 Å². The molecular formula is C16H22N4O2S2. The van der Waals surface area contributed by atoms with Gasteiger partial charge in [-0.15, -0.1) is 0 Å². The highest BCUT2D eigenvalue weighted by Gasteiger charge is 2.23. The molecular weight excluding hydrogens is 344 g/mol. The summed E-state index contributed by atoms with van der Waals surface area (Å²) in [5, 5.41) is 9.53. The lowest BCUT2D eigenvalue weighted by Gasteiger charge is -2.18. The van der Waals surface area contributed by atoms with Gasteiger partial charge in [0.05, 0.1) is 27.2 Å². The predicted molar refractivity (Wildman–Crippen MR) is 96.4 cm³/mol. The van der Waals surface area contributed by atoms with Gasteiger partial charge in [-0.25, -0.2) is 13.4 Å². The van der Waals surface area contributed by atoms with Crippen LogP contribution < -0.4 is 0 Å². The highest BCUT2D eigenvalue weighted by molar-refractivity contribution is 8.00. The van der Waals surface area contributed by atoms with Crippen LogP contribution in [0.5, 0.6) is 0 Å². The first kappa shape index (κ1) is 18.8. The number of hydrogen-bond acceptors (Lipinski definition) is 5. The minimum Gasteiger partial charge on any atom is -0.319 e. The number of thioether (sulfide) groups is 1. The van der Waals surface area contributed by atoms with Crippen molar-refractivity contribution in [3.05, 3.63) is 18.2 Å². The molecule has 0 N–H and O–H groups in total. The van der Waals surface area contributed by atoms with Crippen LogP contribution in [0.2, 0.25) is 0 Å². The van der Waals surface area contributed by atoms with Crippen molar-refractivity contribution in [1.82, 2.24) is 13.9 Å². The molecule has 0 unspecified atom stereocenters. The van der Waals surface area contributed by atoms with Gasteiger partial charge in [0.25, 0.3) is 0 Å². The maximum atomic E-state index is 12.7. The van der Waals surface area contributed by atoms with Crippen LogP contribution in [0.3, 0.4) is 0 Å². The van der Waals surface area contributed by atoms with Crippen LogP contribution in [-0.4, -0.2) is 40.6 Å². The van der Waals surface area contributed by atoms with E-state index in [4.69, 9.17) is 5.26 Å². The van der Waals surface area contributed by atoms with E-state index < -0.39 is 10.0 Å². The van der Waals surface area contributed by atoms with E-state index in [1.807, 2.05) is 32.3 Å². The smallest absolute Gasteiger partial charge is 0.243 e. The third kappa shape index (κ3) is 3.43. The van der Waals surface area contributed by atoms with Crippen LogP contribution in [0, 0.1) is 11.3 Å². The van der Waals surface area contributed by atoms with Gasteiger partial charge in [-0.3, -0.25) is 0 Å². The minimum atomic E-state index is -3.51. The molecule has 0 aliphatic rings. The molecule has 0 radical (unpaired) electrons. The molecule has 1 aromatic carbocycles. The molecule has 0 amide bonds. The molecule has 1 heterocycles. The van der Waals surface area contributed by atoms with Crippen molar-refractivity contribution in [3.63, 3.8) is 0 Å². The van der Waals surface area contributed by atoms with Crippen LogP contribution in [0.4, 0.5) is 0 Å². The number of aryl methyl sites for hydroxylation is 1. The van der Waals surface area contributed by atoms with Gasteiger partial charge in [-0.1, -0.05) is 25.6 Å². The molecule has 0 spiro atoms. The first-order valence-electron chi connectivity index (χ1n) is 7.95. The monoisotopic (exact) mass is 366 g/mol. The normalized spacial score (nSPS) is 13.3. The Morgan fingerprint density at radius 1 is 1.33 bits per heavy atom. The zero-order valence-corrected chi connectivity index (χ0v) is 16.0. The van der Waals surface area contributed by atoms with Gasteiger partial charge in [0, 0.05) is 19.6 Å². The lowest BCUT2D eigenvalue weighted by molar-refractivity contribution is 0.445. The molecule has 1 aromatic heterocycles. The van der Waals surface area contributed by atoms with Gasteiger partial charge < -0.3 is 4.57 Å². The summed E-state index contributed by atoms with van der Waals surface area (Å²) in [6, 6.07) is 7.23. The van der Waals surface area contributed by atoms with Crippen molar-refractivity contribution in [2.45, 2.75) is 49.5 Å². The fourth-order valence-electron chi connectivity index (χ4n) is 2.54. The standard InChI is InChI=1S/C16H22N4O2S2/c1-5-19(6-2)24(21,22)13-8-9-15-14(10-13)18-16(20(15)7-3)23-12(4)11-17/h8-10,12H,5-7H2,1-4H3/t12-/m0/s1. The molecule has 24 heavy (non-hydrogen) atoms. The highest BCUT2D eigenvalue weighted by Crippen LogP contribution is 2.29. The second kappa shape index (κ2) is 7.55. The molecule has 2 rings (SSSR count). The van der Waals surface area contributed by atoms with Gasteiger partial charge in [0.1, 0.15) is 0 Å². The van der Waals surface area contributed by atoms with Crippen LogP contribution in [0.1, 0.15) is 27.7 Å². The molecule has 130 valence electrons. The Kier molecular flexibility index (Phi) is 5.91. The summed E-state index contributed by atoms with van der Waals surface area (Å²) >= 11 is 1.38. The summed E-state index contributed by atoms with van der Waals surface area (Å²) in [7, 11) is -3.51. The van der Waals surface area contributed by atoms with E-state index in [1.165, 1.54) is 16.1 Å². The van der Waals surface area contributed by atoms with Crippen molar-refractivity contribution in [1.29, 1.82) is 5.26 Å². The van der Waals surface area contributed by atoms with E-state index in [-0.39, 0.29) is 10.1 Å². The van der Waals surface area contributed by atoms with Crippen LogP contribution in [0.25, 0.3) is 11.0 Å². The number of rotatable bonds is 7. The fraction of sp³-hybridized carbons (Fsp3) is 0.500. The Hall–Kier alpha value is -1.56. The van der Waals surface area contributed by atoms with Crippen molar-refractivity contribution in [2.24, 2.45) is 0 Å². The van der Waals surface area contributed by atoms with E-state index >= 15 is 0 Å². The number of aromatic nitrogens is 2. The molecule has 2 aromatic rings. The molecule has 0 aliphatic carbocycles. The van der Waals surface area contributed by atoms with Crippen molar-refractivity contribution < 1.29 is 8.42 Å². The van der Waals surface area contributed by atoms with E-state index in [0.29, 0.717) is 25.2 Å². The summed E-state index contributed by atoms with van der Waals surface area (Å²) in [5.74, 6) is 0. The average Bonchev–Trinajstić information content (AvgIpc) is 2.91. The van der Waals surface area contributed by atoms with Crippen molar-refractivity contribution in [3.8, 4) is 6.07 Å². The Morgan fingerprint density at radius 3 is 2.54 bits per heavy atom. The molecule has 0 saturated heterocycles. The largest absolute Gasteiger partial charge is 0.319 e. The molecule has 6 nitrogen and oxygen atoms in total. The Morgan fingerprint density at radius 2 is 2.00 bits per heavy atom. The summed E-state index contributed by atoms with van der Waals surface area (Å²) in [6.45, 7) is 9.04. The number of fused-ring (bicyclic) bond motifs is 1. The molecule has 1 atom stereocenters. The van der Waals surface area contributed by atoms with Gasteiger partial charge in [-0.2, -0.15) is 9.57 Å². The number of sulfonamides is 1. The maximum absolute atomic E-state index is 12.7. The first-order valence-corrected chi connectivity index (χ1v) is 10.3.